The van der Waals surface area contributed by atoms with Gasteiger partial charge in [0.15, 0.2) is 0 Å². The first-order valence-corrected chi connectivity index (χ1v) is 10.0. The van der Waals surface area contributed by atoms with Crippen molar-refractivity contribution in [1.29, 1.82) is 5.26 Å². The lowest BCUT2D eigenvalue weighted by Gasteiger charge is -2.11. The van der Waals surface area contributed by atoms with Gasteiger partial charge in [-0.15, -0.1) is 0 Å². The molecule has 9 heteroatoms. The Bertz CT molecular complexity index is 1470. The summed E-state index contributed by atoms with van der Waals surface area (Å²) in [7, 11) is 0. The maximum absolute atomic E-state index is 13.7. The first-order valence-electron chi connectivity index (χ1n) is 10.0. The zero-order chi connectivity index (χ0) is 23.7. The van der Waals surface area contributed by atoms with Gasteiger partial charge in [0.1, 0.15) is 11.5 Å². The van der Waals surface area contributed by atoms with Crippen LogP contribution in [0.3, 0.4) is 0 Å². The van der Waals surface area contributed by atoms with Crippen molar-refractivity contribution < 1.29 is 14.0 Å². The number of primary amides is 1. The molecule has 164 valence electrons. The molecule has 0 saturated carbocycles. The Morgan fingerprint density at radius 3 is 2.67 bits per heavy atom. The molecule has 0 bridgehead atoms. The number of hydrogen-bond acceptors (Lipinski definition) is 5. The number of nitrogens with two attached hydrogens (primary N) is 1. The molecule has 2 aromatic carbocycles. The predicted octanol–water partition coefficient (Wildman–Crippen LogP) is 3.46. The Hall–Kier alpha value is -4.58. The molecule has 3 N–H and O–H groups in total. The number of hydrogen-bond donors (Lipinski definition) is 2. The Labute approximate surface area is 188 Å². The molecule has 0 aliphatic rings. The minimum atomic E-state index is -0.827. The minimum Gasteiger partial charge on any atom is -0.364 e. The Kier molecular flexibility index (Phi) is 5.58. The van der Waals surface area contributed by atoms with E-state index < -0.39 is 17.6 Å². The SMILES string of the molecule is Cc1nn(Cc2ccccc2C#N)c(C)c1NC(=O)c1cc(C(N)=O)nc2cc(F)ccc12. The normalized spacial score (nSPS) is 10.7. The summed E-state index contributed by atoms with van der Waals surface area (Å²) >= 11 is 0. The van der Waals surface area contributed by atoms with E-state index >= 15 is 0 Å². The number of amides is 2. The molecule has 0 aliphatic heterocycles. The highest BCUT2D eigenvalue weighted by Crippen LogP contribution is 2.25. The molecular weight excluding hydrogens is 423 g/mol. The highest BCUT2D eigenvalue weighted by Gasteiger charge is 2.20. The number of fused-ring (bicyclic) bond motifs is 1. The van der Waals surface area contributed by atoms with E-state index in [1.165, 1.54) is 18.2 Å². The van der Waals surface area contributed by atoms with Gasteiger partial charge in [0.2, 0.25) is 0 Å². The van der Waals surface area contributed by atoms with E-state index in [1.54, 1.807) is 30.7 Å². The number of nitrogens with one attached hydrogen (secondary N) is 1. The van der Waals surface area contributed by atoms with Crippen molar-refractivity contribution in [3.63, 3.8) is 0 Å². The summed E-state index contributed by atoms with van der Waals surface area (Å²) < 4.78 is 15.4. The van der Waals surface area contributed by atoms with Crippen LogP contribution in [0.1, 0.15) is 43.4 Å². The van der Waals surface area contributed by atoms with Crippen LogP contribution >= 0.6 is 0 Å². The van der Waals surface area contributed by atoms with Crippen molar-refractivity contribution in [1.82, 2.24) is 14.8 Å². The lowest BCUT2D eigenvalue weighted by atomic mass is 10.1. The van der Waals surface area contributed by atoms with Gasteiger partial charge in [-0.05, 0) is 43.7 Å². The second-order valence-electron chi connectivity index (χ2n) is 7.51. The summed E-state index contributed by atoms with van der Waals surface area (Å²) in [5, 5.41) is 17.1. The number of aryl methyl sites for hydroxylation is 1. The fraction of sp³-hybridized carbons (Fsp3) is 0.125. The molecule has 0 unspecified atom stereocenters. The Morgan fingerprint density at radius 2 is 1.94 bits per heavy atom. The van der Waals surface area contributed by atoms with Gasteiger partial charge in [-0.25, -0.2) is 9.37 Å². The third-order valence-corrected chi connectivity index (χ3v) is 5.35. The quantitative estimate of drug-likeness (QED) is 0.489. The molecule has 4 aromatic rings. The molecule has 33 heavy (non-hydrogen) atoms. The lowest BCUT2D eigenvalue weighted by Crippen LogP contribution is -2.18. The van der Waals surface area contributed by atoms with E-state index in [1.807, 2.05) is 12.1 Å². The van der Waals surface area contributed by atoms with Crippen LogP contribution in [0.2, 0.25) is 0 Å². The van der Waals surface area contributed by atoms with Gasteiger partial charge in [0.05, 0.1) is 46.3 Å². The Morgan fingerprint density at radius 1 is 1.18 bits per heavy atom. The number of rotatable bonds is 5. The molecule has 0 radical (unpaired) electrons. The minimum absolute atomic E-state index is 0.134. The molecule has 0 fully saturated rings. The van der Waals surface area contributed by atoms with Crippen LogP contribution in [0.4, 0.5) is 10.1 Å². The van der Waals surface area contributed by atoms with Crippen LogP contribution in [-0.2, 0) is 6.54 Å². The van der Waals surface area contributed by atoms with Gasteiger partial charge in [0, 0.05) is 11.5 Å². The molecule has 8 nitrogen and oxygen atoms in total. The van der Waals surface area contributed by atoms with Gasteiger partial charge in [-0.1, -0.05) is 18.2 Å². The molecule has 2 heterocycles. The van der Waals surface area contributed by atoms with Gasteiger partial charge in [-0.2, -0.15) is 10.4 Å². The molecule has 0 aliphatic carbocycles. The van der Waals surface area contributed by atoms with Crippen molar-refractivity contribution in [2.24, 2.45) is 5.73 Å². The van der Waals surface area contributed by atoms with Gasteiger partial charge >= 0.3 is 0 Å². The van der Waals surface area contributed by atoms with Crippen LogP contribution in [0.15, 0.2) is 48.5 Å². The van der Waals surface area contributed by atoms with E-state index in [4.69, 9.17) is 5.73 Å². The number of aromatic nitrogens is 3. The van der Waals surface area contributed by atoms with Crippen molar-refractivity contribution in [2.75, 3.05) is 5.32 Å². The van der Waals surface area contributed by atoms with Gasteiger partial charge in [0.25, 0.3) is 11.8 Å². The summed E-state index contributed by atoms with van der Waals surface area (Å²) in [6.45, 7) is 3.92. The topological polar surface area (TPSA) is 127 Å². The average molecular weight is 442 g/mol. The smallest absolute Gasteiger partial charge is 0.267 e. The first-order chi connectivity index (χ1) is 15.8. The fourth-order valence-electron chi connectivity index (χ4n) is 3.66. The third-order valence-electron chi connectivity index (χ3n) is 5.35. The summed E-state index contributed by atoms with van der Waals surface area (Å²) in [5.41, 5.74) is 8.61. The van der Waals surface area contributed by atoms with Crippen molar-refractivity contribution in [3.05, 3.63) is 88.1 Å². The zero-order valence-corrected chi connectivity index (χ0v) is 17.9. The second kappa shape index (κ2) is 8.51. The van der Waals surface area contributed by atoms with E-state index in [2.05, 4.69) is 21.5 Å². The number of anilines is 1. The van der Waals surface area contributed by atoms with Crippen LogP contribution in [-0.4, -0.2) is 26.6 Å². The number of nitriles is 1. The molecule has 0 atom stereocenters. The fourth-order valence-corrected chi connectivity index (χ4v) is 3.66. The van der Waals surface area contributed by atoms with Crippen LogP contribution in [0, 0.1) is 31.0 Å². The molecule has 0 saturated heterocycles. The summed E-state index contributed by atoms with van der Waals surface area (Å²) in [6, 6.07) is 14.5. The standard InChI is InChI=1S/C24H19FN6O2/c1-13-22(14(2)31(30-13)12-16-6-4-3-5-15(16)11-26)29-24(33)19-10-21(23(27)32)28-20-9-17(25)7-8-18(19)20/h3-10H,12H2,1-2H3,(H2,27,32)(H,29,33). The first kappa shape index (κ1) is 21.6. The highest BCUT2D eigenvalue weighted by atomic mass is 19.1. The molecule has 2 amide bonds. The molecular formula is C24H19FN6O2. The second-order valence-corrected chi connectivity index (χ2v) is 7.51. The van der Waals surface area contributed by atoms with Crippen molar-refractivity contribution >= 4 is 28.4 Å². The maximum Gasteiger partial charge on any atom is 0.267 e. The number of pyridine rings is 1. The maximum atomic E-state index is 13.7. The Balaban J connectivity index is 1.71. The number of carbonyl (C=O) groups is 2. The monoisotopic (exact) mass is 442 g/mol. The summed E-state index contributed by atoms with van der Waals surface area (Å²) in [5.74, 6) is -1.89. The van der Waals surface area contributed by atoms with E-state index in [0.29, 0.717) is 34.6 Å². The third kappa shape index (κ3) is 4.14. The highest BCUT2D eigenvalue weighted by molar-refractivity contribution is 6.14. The van der Waals surface area contributed by atoms with Crippen molar-refractivity contribution in [3.8, 4) is 6.07 Å². The number of nitrogens with zero attached hydrogens (tertiary/aromatic N) is 4. The molecule has 2 aromatic heterocycles. The number of carbonyl (C=O) groups excluding carboxylic acids is 2. The lowest BCUT2D eigenvalue weighted by molar-refractivity contribution is 0.0996. The zero-order valence-electron chi connectivity index (χ0n) is 17.9. The predicted molar refractivity (Wildman–Crippen MR) is 120 cm³/mol. The van der Waals surface area contributed by atoms with Crippen LogP contribution in [0.5, 0.6) is 0 Å². The number of halogens is 1. The van der Waals surface area contributed by atoms with Crippen LogP contribution in [0.25, 0.3) is 10.9 Å². The number of benzene rings is 2. The van der Waals surface area contributed by atoms with Crippen molar-refractivity contribution in [2.45, 2.75) is 20.4 Å². The summed E-state index contributed by atoms with van der Waals surface area (Å²) in [6.07, 6.45) is 0. The molecule has 4 rings (SSSR count). The van der Waals surface area contributed by atoms with Gasteiger partial charge in [-0.3, -0.25) is 14.3 Å². The summed E-state index contributed by atoms with van der Waals surface area (Å²) in [4.78, 5) is 28.9. The largest absolute Gasteiger partial charge is 0.364 e. The van der Waals surface area contributed by atoms with E-state index in [-0.39, 0.29) is 16.8 Å². The van der Waals surface area contributed by atoms with Gasteiger partial charge < -0.3 is 11.1 Å². The average Bonchev–Trinajstić information content (AvgIpc) is 3.05. The molecule has 0 spiro atoms. The van der Waals surface area contributed by atoms with Crippen LogP contribution < -0.4 is 11.1 Å². The van der Waals surface area contributed by atoms with E-state index in [0.717, 1.165) is 11.6 Å². The van der Waals surface area contributed by atoms with E-state index in [9.17, 15) is 19.2 Å².